The number of nitrogens with zero attached hydrogens (tertiary/aromatic N) is 3. The van der Waals surface area contributed by atoms with Crippen LogP contribution >= 0.6 is 0 Å². The number of hydrogen-bond donors (Lipinski definition) is 2. The van der Waals surface area contributed by atoms with Gasteiger partial charge in [0, 0.05) is 25.7 Å². The van der Waals surface area contributed by atoms with Crippen molar-refractivity contribution in [3.63, 3.8) is 0 Å². The molecular formula is C16H27N3O3. The standard InChI is InChI=1S/C16H27N3O3/c1-11-10-12(2)19(17-11)9-5-8-15(21)18(3)13-6-4-7-14(20)16(13)22/h10,13-14,16,20,22H,4-9H2,1-3H3/t13-,14-,16-/m1/s1. The number of rotatable bonds is 5. The molecule has 3 atom stereocenters. The topological polar surface area (TPSA) is 78.6 Å². The summed E-state index contributed by atoms with van der Waals surface area (Å²) in [6.45, 7) is 4.68. The van der Waals surface area contributed by atoms with E-state index in [0.717, 1.165) is 37.2 Å². The lowest BCUT2D eigenvalue weighted by Crippen LogP contribution is -2.51. The van der Waals surface area contributed by atoms with Crippen LogP contribution in [0, 0.1) is 13.8 Å². The van der Waals surface area contributed by atoms with Gasteiger partial charge in [0.2, 0.25) is 5.91 Å². The molecule has 0 spiro atoms. The third-order valence-corrected chi connectivity index (χ3v) is 4.54. The van der Waals surface area contributed by atoms with Gasteiger partial charge in [-0.15, -0.1) is 0 Å². The van der Waals surface area contributed by atoms with Gasteiger partial charge in [-0.25, -0.2) is 0 Å². The Morgan fingerprint density at radius 3 is 2.77 bits per heavy atom. The van der Waals surface area contributed by atoms with Crippen molar-refractivity contribution in [3.8, 4) is 0 Å². The van der Waals surface area contributed by atoms with Gasteiger partial charge in [-0.2, -0.15) is 5.10 Å². The molecule has 22 heavy (non-hydrogen) atoms. The van der Waals surface area contributed by atoms with Crippen molar-refractivity contribution in [2.75, 3.05) is 7.05 Å². The second-order valence-corrected chi connectivity index (χ2v) is 6.31. The molecular weight excluding hydrogens is 282 g/mol. The van der Waals surface area contributed by atoms with Crippen LogP contribution in [0.15, 0.2) is 6.07 Å². The van der Waals surface area contributed by atoms with Gasteiger partial charge in [0.15, 0.2) is 0 Å². The Bertz CT molecular complexity index is 515. The monoisotopic (exact) mass is 309 g/mol. The minimum atomic E-state index is -0.835. The lowest BCUT2D eigenvalue weighted by Gasteiger charge is -2.37. The van der Waals surface area contributed by atoms with Crippen molar-refractivity contribution in [3.05, 3.63) is 17.5 Å². The summed E-state index contributed by atoms with van der Waals surface area (Å²) in [5, 5.41) is 24.2. The van der Waals surface area contributed by atoms with Gasteiger partial charge in [0.05, 0.1) is 17.8 Å². The van der Waals surface area contributed by atoms with Crippen LogP contribution in [-0.4, -0.2) is 56.1 Å². The van der Waals surface area contributed by atoms with Crippen LogP contribution in [0.4, 0.5) is 0 Å². The Morgan fingerprint density at radius 2 is 2.14 bits per heavy atom. The summed E-state index contributed by atoms with van der Waals surface area (Å²) in [6.07, 6.45) is 1.79. The van der Waals surface area contributed by atoms with E-state index in [1.807, 2.05) is 24.6 Å². The molecule has 1 saturated carbocycles. The Morgan fingerprint density at radius 1 is 1.41 bits per heavy atom. The summed E-state index contributed by atoms with van der Waals surface area (Å²) in [6, 6.07) is 1.75. The zero-order chi connectivity index (χ0) is 16.3. The Hall–Kier alpha value is -1.40. The predicted molar refractivity (Wildman–Crippen MR) is 83.4 cm³/mol. The lowest BCUT2D eigenvalue weighted by molar-refractivity contribution is -0.139. The molecule has 0 radical (unpaired) electrons. The summed E-state index contributed by atoms with van der Waals surface area (Å²) in [5.41, 5.74) is 2.09. The van der Waals surface area contributed by atoms with Crippen molar-refractivity contribution in [1.82, 2.24) is 14.7 Å². The van der Waals surface area contributed by atoms with E-state index in [-0.39, 0.29) is 11.9 Å². The fourth-order valence-electron chi connectivity index (χ4n) is 3.20. The molecule has 1 aromatic rings. The number of carbonyl (C=O) groups excluding carboxylic acids is 1. The largest absolute Gasteiger partial charge is 0.390 e. The van der Waals surface area contributed by atoms with E-state index in [2.05, 4.69) is 5.10 Å². The molecule has 2 rings (SSSR count). The highest BCUT2D eigenvalue weighted by molar-refractivity contribution is 5.76. The summed E-state index contributed by atoms with van der Waals surface area (Å²) in [7, 11) is 1.72. The number of carbonyl (C=O) groups is 1. The first-order valence-electron chi connectivity index (χ1n) is 8.03. The molecule has 6 nitrogen and oxygen atoms in total. The molecule has 1 heterocycles. The average molecular weight is 309 g/mol. The van der Waals surface area contributed by atoms with Crippen LogP contribution < -0.4 is 0 Å². The van der Waals surface area contributed by atoms with Gasteiger partial charge < -0.3 is 15.1 Å². The highest BCUT2D eigenvalue weighted by Crippen LogP contribution is 2.23. The quantitative estimate of drug-likeness (QED) is 0.851. The molecule has 2 N–H and O–H groups in total. The van der Waals surface area contributed by atoms with Gasteiger partial charge in [0.25, 0.3) is 0 Å². The normalized spacial score (nSPS) is 25.2. The summed E-state index contributed by atoms with van der Waals surface area (Å²) in [4.78, 5) is 13.9. The number of aliphatic hydroxyl groups excluding tert-OH is 2. The molecule has 0 bridgehead atoms. The van der Waals surface area contributed by atoms with E-state index in [1.54, 1.807) is 11.9 Å². The fraction of sp³-hybridized carbons (Fsp3) is 0.750. The Balaban J connectivity index is 1.82. The van der Waals surface area contributed by atoms with Crippen molar-refractivity contribution >= 4 is 5.91 Å². The number of amides is 1. The van der Waals surface area contributed by atoms with Gasteiger partial charge in [-0.3, -0.25) is 9.48 Å². The first-order chi connectivity index (χ1) is 10.4. The van der Waals surface area contributed by atoms with Crippen LogP contribution in [0.5, 0.6) is 0 Å². The number of aliphatic hydroxyl groups is 2. The number of likely N-dealkylation sites (N-methyl/N-ethyl adjacent to an activating group) is 1. The lowest BCUT2D eigenvalue weighted by atomic mass is 9.89. The molecule has 1 aromatic heterocycles. The molecule has 1 amide bonds. The smallest absolute Gasteiger partial charge is 0.222 e. The summed E-state index contributed by atoms with van der Waals surface area (Å²) >= 11 is 0. The van der Waals surface area contributed by atoms with E-state index in [1.165, 1.54) is 0 Å². The van der Waals surface area contributed by atoms with Crippen LogP contribution in [0.1, 0.15) is 43.5 Å². The number of aryl methyl sites for hydroxylation is 3. The fourth-order valence-corrected chi connectivity index (χ4v) is 3.20. The van der Waals surface area contributed by atoms with Gasteiger partial charge >= 0.3 is 0 Å². The molecule has 6 heteroatoms. The minimum absolute atomic E-state index is 0.0136. The van der Waals surface area contributed by atoms with E-state index in [9.17, 15) is 15.0 Å². The molecule has 1 aliphatic carbocycles. The molecule has 0 saturated heterocycles. The zero-order valence-electron chi connectivity index (χ0n) is 13.7. The third-order valence-electron chi connectivity index (χ3n) is 4.54. The van der Waals surface area contributed by atoms with Crippen molar-refractivity contribution in [2.45, 2.75) is 70.7 Å². The highest BCUT2D eigenvalue weighted by Gasteiger charge is 2.34. The van der Waals surface area contributed by atoms with E-state index < -0.39 is 12.2 Å². The van der Waals surface area contributed by atoms with Crippen molar-refractivity contribution in [1.29, 1.82) is 0 Å². The molecule has 0 unspecified atom stereocenters. The van der Waals surface area contributed by atoms with Crippen LogP contribution in [0.2, 0.25) is 0 Å². The number of aromatic nitrogens is 2. The predicted octanol–water partition coefficient (Wildman–Crippen LogP) is 1.01. The molecule has 0 aliphatic heterocycles. The first-order valence-corrected chi connectivity index (χ1v) is 8.03. The van der Waals surface area contributed by atoms with E-state index in [4.69, 9.17) is 0 Å². The Kier molecular flexibility index (Phi) is 5.58. The van der Waals surface area contributed by atoms with E-state index >= 15 is 0 Å². The van der Waals surface area contributed by atoms with Crippen LogP contribution in [-0.2, 0) is 11.3 Å². The van der Waals surface area contributed by atoms with Crippen molar-refractivity contribution in [2.24, 2.45) is 0 Å². The maximum atomic E-state index is 12.3. The maximum Gasteiger partial charge on any atom is 0.222 e. The first kappa shape index (κ1) is 17.0. The molecule has 1 aliphatic rings. The summed E-state index contributed by atoms with van der Waals surface area (Å²) < 4.78 is 1.92. The van der Waals surface area contributed by atoms with Crippen LogP contribution in [0.3, 0.4) is 0 Å². The van der Waals surface area contributed by atoms with Gasteiger partial charge in [-0.05, 0) is 45.6 Å². The summed E-state index contributed by atoms with van der Waals surface area (Å²) in [5.74, 6) is 0.0136. The SMILES string of the molecule is Cc1cc(C)n(CCCC(=O)N(C)[C@@H]2CCC[C@@H](O)[C@@H]2O)n1. The van der Waals surface area contributed by atoms with Crippen LogP contribution in [0.25, 0.3) is 0 Å². The van der Waals surface area contributed by atoms with Crippen molar-refractivity contribution < 1.29 is 15.0 Å². The molecule has 1 fully saturated rings. The molecule has 124 valence electrons. The maximum absolute atomic E-state index is 12.3. The third kappa shape index (κ3) is 3.87. The second-order valence-electron chi connectivity index (χ2n) is 6.31. The average Bonchev–Trinajstić information content (AvgIpc) is 2.79. The second kappa shape index (κ2) is 7.24. The highest BCUT2D eigenvalue weighted by atomic mass is 16.3. The van der Waals surface area contributed by atoms with Gasteiger partial charge in [0.1, 0.15) is 6.10 Å². The number of hydrogen-bond acceptors (Lipinski definition) is 4. The molecule has 0 aromatic carbocycles. The Labute approximate surface area is 131 Å². The zero-order valence-corrected chi connectivity index (χ0v) is 13.7. The minimum Gasteiger partial charge on any atom is -0.390 e. The van der Waals surface area contributed by atoms with Gasteiger partial charge in [-0.1, -0.05) is 0 Å². The van der Waals surface area contributed by atoms with E-state index in [0.29, 0.717) is 12.8 Å².